The van der Waals surface area contributed by atoms with Crippen LogP contribution in [0.2, 0.25) is 0 Å². The van der Waals surface area contributed by atoms with Gasteiger partial charge in [-0.2, -0.15) is 0 Å². The molecule has 8 aromatic carbocycles. The summed E-state index contributed by atoms with van der Waals surface area (Å²) in [5.74, 6) is 0. The molecule has 43 heavy (non-hydrogen) atoms. The lowest BCUT2D eigenvalue weighted by molar-refractivity contribution is 0.669. The van der Waals surface area contributed by atoms with E-state index in [0.29, 0.717) is 0 Å². The van der Waals surface area contributed by atoms with E-state index in [-0.39, 0.29) is 0 Å². The van der Waals surface area contributed by atoms with E-state index in [1.165, 1.54) is 0 Å². The molecule has 0 bridgehead atoms. The van der Waals surface area contributed by atoms with E-state index in [9.17, 15) is 13.7 Å². The summed E-state index contributed by atoms with van der Waals surface area (Å²) in [5, 5.41) is -4.82. The molecule has 0 radical (unpaired) electrons. The van der Waals surface area contributed by atoms with E-state index in [0.717, 1.165) is 0 Å². The Hall–Kier alpha value is -5.66. The monoisotopic (exact) mass is 572 g/mol. The van der Waals surface area contributed by atoms with Crippen molar-refractivity contribution in [3.05, 3.63) is 157 Å². The Morgan fingerprint density at radius 1 is 0.349 bits per heavy atom. The van der Waals surface area contributed by atoms with Crippen molar-refractivity contribution in [3.63, 3.8) is 0 Å². The summed E-state index contributed by atoms with van der Waals surface area (Å²) in [6.45, 7) is 0. The summed E-state index contributed by atoms with van der Waals surface area (Å²) in [6, 6.07) is -23.0. The number of hydrogen-bond acceptors (Lipinski definition) is 1. The average Bonchev–Trinajstić information content (AvgIpc) is 3.73. The first-order valence-corrected chi connectivity index (χ1v) is 12.7. The zero-order chi connectivity index (χ0) is 51.0. The molecular formula is C42H26O. The van der Waals surface area contributed by atoms with Crippen molar-refractivity contribution in [1.82, 2.24) is 0 Å². The minimum absolute atomic E-state index is 0.523. The highest BCUT2D eigenvalue weighted by atomic mass is 16.3. The van der Waals surface area contributed by atoms with E-state index >= 15 is 0 Å². The Bertz CT molecular complexity index is 3850. The maximum absolute atomic E-state index is 9.77. The molecule has 1 nitrogen and oxygen atoms in total. The Balaban J connectivity index is 1.54. The molecule has 0 saturated carbocycles. The zero-order valence-electron chi connectivity index (χ0n) is 47.4. The normalized spacial score (nSPS) is 20.2. The van der Waals surface area contributed by atoms with Crippen molar-refractivity contribution in [2.24, 2.45) is 0 Å². The highest BCUT2D eigenvalue weighted by Gasteiger charge is 2.18. The molecule has 0 aliphatic rings. The molecule has 9 aromatic rings. The van der Waals surface area contributed by atoms with Gasteiger partial charge >= 0.3 is 0 Å². The smallest absolute Gasteiger partial charge is 0.136 e. The van der Waals surface area contributed by atoms with E-state index < -0.39 is 245 Å². The van der Waals surface area contributed by atoms with Crippen LogP contribution in [0.4, 0.5) is 0 Å². The number of benzene rings is 8. The van der Waals surface area contributed by atoms with Crippen molar-refractivity contribution >= 4 is 54.3 Å². The maximum Gasteiger partial charge on any atom is 0.136 e. The second-order valence-electron chi connectivity index (χ2n) is 9.26. The lowest BCUT2D eigenvalue weighted by Gasteiger charge is -2.17. The Morgan fingerprint density at radius 3 is 1.65 bits per heavy atom. The number of fused-ring (bicyclic) bond motifs is 6. The van der Waals surface area contributed by atoms with Gasteiger partial charge in [0.2, 0.25) is 0 Å². The summed E-state index contributed by atoms with van der Waals surface area (Å²) in [6.07, 6.45) is 0. The highest BCUT2D eigenvalue weighted by molar-refractivity contribution is 6.22. The number of furan rings is 1. The molecule has 0 saturated heterocycles. The van der Waals surface area contributed by atoms with Crippen LogP contribution < -0.4 is 0 Å². The quantitative estimate of drug-likeness (QED) is 0.192. The van der Waals surface area contributed by atoms with E-state index in [4.69, 9.17) is 26.3 Å². The Kier molecular flexibility index (Phi) is 2.13. The number of rotatable bonds is 3. The summed E-state index contributed by atoms with van der Waals surface area (Å²) >= 11 is 0. The minimum Gasteiger partial charge on any atom is -0.456 e. The van der Waals surface area contributed by atoms with Crippen molar-refractivity contribution in [1.29, 1.82) is 0 Å². The lowest BCUT2D eigenvalue weighted by Crippen LogP contribution is -1.90. The van der Waals surface area contributed by atoms with E-state index in [1.807, 2.05) is 0 Å². The Labute approximate surface area is 285 Å². The Morgan fingerprint density at radius 2 is 0.930 bits per heavy atom. The van der Waals surface area contributed by atoms with Gasteiger partial charge in [-0.15, -0.1) is 0 Å². The molecule has 1 heteroatoms. The summed E-state index contributed by atoms with van der Waals surface area (Å²) in [4.78, 5) is 0. The molecule has 0 fully saturated rings. The highest BCUT2D eigenvalue weighted by Crippen LogP contribution is 2.45. The van der Waals surface area contributed by atoms with Gasteiger partial charge in [0.1, 0.15) is 11.2 Å². The first kappa shape index (κ1) is 9.69. The fraction of sp³-hybridized carbons (Fsp3) is 0. The minimum atomic E-state index is -0.964. The fourth-order valence-electron chi connectivity index (χ4n) is 5.14. The molecule has 9 rings (SSSR count). The zero-order valence-corrected chi connectivity index (χ0v) is 21.4. The third-order valence-corrected chi connectivity index (χ3v) is 6.95. The molecule has 1 heterocycles. The molecule has 0 atom stereocenters. The topological polar surface area (TPSA) is 13.1 Å². The van der Waals surface area contributed by atoms with Gasteiger partial charge in [0.15, 0.2) is 0 Å². The molecule has 1 aromatic heterocycles. The maximum atomic E-state index is 9.77. The molecule has 0 N–H and O–H groups in total. The van der Waals surface area contributed by atoms with Crippen LogP contribution in [-0.4, -0.2) is 0 Å². The number of hydrogen-bond donors (Lipinski definition) is 0. The van der Waals surface area contributed by atoms with Crippen molar-refractivity contribution in [2.45, 2.75) is 0 Å². The van der Waals surface area contributed by atoms with Crippen LogP contribution in [0.1, 0.15) is 35.6 Å². The van der Waals surface area contributed by atoms with Gasteiger partial charge in [0.25, 0.3) is 0 Å². The van der Waals surface area contributed by atoms with Crippen molar-refractivity contribution in [2.75, 3.05) is 0 Å². The predicted molar refractivity (Wildman–Crippen MR) is 183 cm³/mol. The lowest BCUT2D eigenvalue weighted by atomic mass is 9.86. The van der Waals surface area contributed by atoms with Crippen molar-refractivity contribution in [3.8, 4) is 33.4 Å². The third-order valence-electron chi connectivity index (χ3n) is 6.95. The second-order valence-corrected chi connectivity index (χ2v) is 9.26. The molecule has 0 unspecified atom stereocenters. The van der Waals surface area contributed by atoms with Gasteiger partial charge in [-0.3, -0.25) is 0 Å². The standard InChI is InChI=1S/C42H26O/c1-2-12-28(13-3-1)41-34-16-6-8-18-36(34)42(37-19-9-7-17-35(37)41)30-22-24-39-38(25-30)33-23-21-29(26-40(33)43-39)32-20-10-14-27-11-4-5-15-31(27)32/h1-26H/i1D,2D,3D,4D,5D,6D,7D,8D,9D,10D,11D,12D,13D,14D,15D,16D,17D,18D,19D,20D,21D,22D,23D,24D,25D,26D. The van der Waals surface area contributed by atoms with Crippen LogP contribution >= 0.6 is 0 Å². The molecule has 0 aliphatic heterocycles. The largest absolute Gasteiger partial charge is 0.456 e. The van der Waals surface area contributed by atoms with E-state index in [1.54, 1.807) is 0 Å². The first-order valence-electron chi connectivity index (χ1n) is 25.7. The molecule has 0 aliphatic carbocycles. The van der Waals surface area contributed by atoms with Crippen LogP contribution in [0.15, 0.2) is 162 Å². The summed E-state index contributed by atoms with van der Waals surface area (Å²) in [5.41, 5.74) is -5.39. The van der Waals surface area contributed by atoms with Crippen LogP contribution in [0.5, 0.6) is 0 Å². The third kappa shape index (κ3) is 3.72. The van der Waals surface area contributed by atoms with Gasteiger partial charge in [-0.1, -0.05) is 133 Å². The summed E-state index contributed by atoms with van der Waals surface area (Å²) in [7, 11) is 0. The van der Waals surface area contributed by atoms with Crippen LogP contribution in [-0.2, 0) is 0 Å². The van der Waals surface area contributed by atoms with Crippen LogP contribution in [0, 0.1) is 0 Å². The van der Waals surface area contributed by atoms with Gasteiger partial charge in [0, 0.05) is 10.8 Å². The van der Waals surface area contributed by atoms with Gasteiger partial charge < -0.3 is 4.42 Å². The van der Waals surface area contributed by atoms with Crippen LogP contribution in [0.3, 0.4) is 0 Å². The van der Waals surface area contributed by atoms with Crippen molar-refractivity contribution < 1.29 is 40.1 Å². The molecule has 0 amide bonds. The molecule has 0 spiro atoms. The molecule has 200 valence electrons. The van der Waals surface area contributed by atoms with Crippen LogP contribution in [0.25, 0.3) is 87.6 Å². The molecular weight excluding hydrogens is 520 g/mol. The van der Waals surface area contributed by atoms with Gasteiger partial charge in [-0.25, -0.2) is 0 Å². The first-order chi connectivity index (χ1) is 32.2. The second kappa shape index (κ2) is 9.44. The summed E-state index contributed by atoms with van der Waals surface area (Å²) < 4.78 is 237. The fourth-order valence-corrected chi connectivity index (χ4v) is 5.14. The predicted octanol–water partition coefficient (Wildman–Crippen LogP) is 12.0. The van der Waals surface area contributed by atoms with E-state index in [2.05, 4.69) is 0 Å². The van der Waals surface area contributed by atoms with Gasteiger partial charge in [-0.05, 0) is 89.9 Å². The van der Waals surface area contributed by atoms with Gasteiger partial charge in [0.05, 0.1) is 35.6 Å². The SMILES string of the molecule is [2H]c1c([2H])c([2H])c(-c2c3c([2H])c([2H])c([2H])c([2H])c3c(-c3c([2H])c([2H])c4oc5c([2H])c(-c6c([2H])c([2H])c([2H])c7c([2H])c([2H])c([2H])c([2H])c67)c([2H])c([2H])c5c4c3[2H])c3c([2H])c([2H])c([2H])c([2H])c23)c([2H])c1[2H]. The average molecular weight is 573 g/mol.